The standard InChI is InChI=1S/C13H24N2O3S/c1-6-7-13(4,5)15-19(16,17)12-10(3)18-9(2)11(12)8-14/h15H,6-8,14H2,1-5H3. The van der Waals surface area contributed by atoms with Crippen LogP contribution in [0.1, 0.15) is 50.7 Å². The van der Waals surface area contributed by atoms with Crippen LogP contribution in [0.15, 0.2) is 9.31 Å². The summed E-state index contributed by atoms with van der Waals surface area (Å²) >= 11 is 0. The summed E-state index contributed by atoms with van der Waals surface area (Å²) < 4.78 is 33.2. The Morgan fingerprint density at radius 3 is 2.32 bits per heavy atom. The highest BCUT2D eigenvalue weighted by molar-refractivity contribution is 7.89. The van der Waals surface area contributed by atoms with E-state index in [0.29, 0.717) is 17.1 Å². The molecule has 0 saturated heterocycles. The summed E-state index contributed by atoms with van der Waals surface area (Å²) in [6.07, 6.45) is 1.67. The number of furan rings is 1. The number of aryl methyl sites for hydroxylation is 2. The van der Waals surface area contributed by atoms with Gasteiger partial charge in [-0.05, 0) is 34.1 Å². The second kappa shape index (κ2) is 5.64. The Kier molecular flexibility index (Phi) is 4.81. The maximum Gasteiger partial charge on any atom is 0.244 e. The molecule has 5 nitrogen and oxygen atoms in total. The van der Waals surface area contributed by atoms with Gasteiger partial charge in [-0.1, -0.05) is 13.3 Å². The third kappa shape index (κ3) is 3.58. The Morgan fingerprint density at radius 1 is 1.26 bits per heavy atom. The molecule has 0 saturated carbocycles. The van der Waals surface area contributed by atoms with E-state index in [2.05, 4.69) is 4.72 Å². The van der Waals surface area contributed by atoms with Gasteiger partial charge in [0.2, 0.25) is 10.0 Å². The first-order valence-electron chi connectivity index (χ1n) is 6.47. The van der Waals surface area contributed by atoms with Gasteiger partial charge in [-0.3, -0.25) is 0 Å². The smallest absolute Gasteiger partial charge is 0.244 e. The van der Waals surface area contributed by atoms with E-state index in [9.17, 15) is 8.42 Å². The van der Waals surface area contributed by atoms with Crippen molar-refractivity contribution in [1.82, 2.24) is 4.72 Å². The van der Waals surface area contributed by atoms with Crippen LogP contribution in [0.5, 0.6) is 0 Å². The van der Waals surface area contributed by atoms with E-state index in [-0.39, 0.29) is 11.4 Å². The molecule has 1 aromatic heterocycles. The molecule has 0 aromatic carbocycles. The normalized spacial score (nSPS) is 12.9. The van der Waals surface area contributed by atoms with E-state index in [1.807, 2.05) is 20.8 Å². The third-order valence-corrected chi connectivity index (χ3v) is 4.98. The fraction of sp³-hybridized carbons (Fsp3) is 0.692. The molecule has 0 fully saturated rings. The summed E-state index contributed by atoms with van der Waals surface area (Å²) in [4.78, 5) is 0.191. The van der Waals surface area contributed by atoms with Gasteiger partial charge >= 0.3 is 0 Å². The van der Waals surface area contributed by atoms with Crippen molar-refractivity contribution in [2.24, 2.45) is 5.73 Å². The Hall–Kier alpha value is -0.850. The van der Waals surface area contributed by atoms with Crippen molar-refractivity contribution in [2.45, 2.75) is 64.4 Å². The number of nitrogens with one attached hydrogen (secondary N) is 1. The van der Waals surface area contributed by atoms with Gasteiger partial charge < -0.3 is 10.2 Å². The van der Waals surface area contributed by atoms with Gasteiger partial charge in [0, 0.05) is 17.6 Å². The molecule has 110 valence electrons. The second-order valence-electron chi connectivity index (χ2n) is 5.47. The van der Waals surface area contributed by atoms with E-state index in [0.717, 1.165) is 12.8 Å². The number of rotatable bonds is 6. The summed E-state index contributed by atoms with van der Waals surface area (Å²) in [5.74, 6) is 0.950. The number of hydrogen-bond acceptors (Lipinski definition) is 4. The molecule has 1 rings (SSSR count). The first kappa shape index (κ1) is 16.2. The molecule has 0 amide bonds. The van der Waals surface area contributed by atoms with Crippen molar-refractivity contribution >= 4 is 10.0 Å². The highest BCUT2D eigenvalue weighted by atomic mass is 32.2. The first-order chi connectivity index (χ1) is 8.64. The maximum atomic E-state index is 12.5. The summed E-state index contributed by atoms with van der Waals surface area (Å²) in [6, 6.07) is 0. The van der Waals surface area contributed by atoms with Crippen LogP contribution >= 0.6 is 0 Å². The van der Waals surface area contributed by atoms with Crippen LogP contribution < -0.4 is 10.5 Å². The second-order valence-corrected chi connectivity index (χ2v) is 7.08. The highest BCUT2D eigenvalue weighted by Crippen LogP contribution is 2.27. The van der Waals surface area contributed by atoms with Crippen molar-refractivity contribution in [3.63, 3.8) is 0 Å². The van der Waals surface area contributed by atoms with E-state index in [1.165, 1.54) is 0 Å². The van der Waals surface area contributed by atoms with Crippen LogP contribution in [-0.2, 0) is 16.6 Å². The van der Waals surface area contributed by atoms with Crippen molar-refractivity contribution < 1.29 is 12.8 Å². The average molecular weight is 288 g/mol. The van der Waals surface area contributed by atoms with E-state index < -0.39 is 15.6 Å². The van der Waals surface area contributed by atoms with Crippen molar-refractivity contribution in [2.75, 3.05) is 0 Å². The summed E-state index contributed by atoms with van der Waals surface area (Å²) in [5, 5.41) is 0. The van der Waals surface area contributed by atoms with Crippen LogP contribution in [0.4, 0.5) is 0 Å². The van der Waals surface area contributed by atoms with Crippen LogP contribution in [0, 0.1) is 13.8 Å². The highest BCUT2D eigenvalue weighted by Gasteiger charge is 2.31. The molecule has 0 bridgehead atoms. The molecular weight excluding hydrogens is 264 g/mol. The zero-order valence-corrected chi connectivity index (χ0v) is 13.1. The van der Waals surface area contributed by atoms with E-state index >= 15 is 0 Å². The molecule has 19 heavy (non-hydrogen) atoms. The fourth-order valence-electron chi connectivity index (χ4n) is 2.39. The number of sulfonamides is 1. The lowest BCUT2D eigenvalue weighted by Gasteiger charge is -2.25. The summed E-state index contributed by atoms with van der Waals surface area (Å²) in [7, 11) is -3.62. The minimum Gasteiger partial charge on any atom is -0.465 e. The van der Waals surface area contributed by atoms with E-state index in [1.54, 1.807) is 13.8 Å². The van der Waals surface area contributed by atoms with Gasteiger partial charge in [0.15, 0.2) is 0 Å². The van der Waals surface area contributed by atoms with Crippen LogP contribution in [-0.4, -0.2) is 14.0 Å². The predicted octanol–water partition coefficient (Wildman–Crippen LogP) is 2.21. The molecule has 6 heteroatoms. The molecule has 1 heterocycles. The third-order valence-electron chi connectivity index (χ3n) is 3.08. The molecule has 0 unspecified atom stereocenters. The number of nitrogens with two attached hydrogens (primary N) is 1. The molecule has 1 aromatic rings. The summed E-state index contributed by atoms with van der Waals surface area (Å²) in [5.41, 5.74) is 5.70. The molecule has 0 aliphatic rings. The van der Waals surface area contributed by atoms with Crippen molar-refractivity contribution in [1.29, 1.82) is 0 Å². The van der Waals surface area contributed by atoms with Crippen LogP contribution in [0.3, 0.4) is 0 Å². The Morgan fingerprint density at radius 2 is 1.84 bits per heavy atom. The average Bonchev–Trinajstić information content (AvgIpc) is 2.51. The molecule has 0 radical (unpaired) electrons. The topological polar surface area (TPSA) is 85.3 Å². The zero-order chi connectivity index (χ0) is 14.8. The predicted molar refractivity (Wildman–Crippen MR) is 75.4 cm³/mol. The fourth-order valence-corrected chi connectivity index (χ4v) is 4.29. The monoisotopic (exact) mass is 288 g/mol. The Bertz CT molecular complexity index is 544. The van der Waals surface area contributed by atoms with E-state index in [4.69, 9.17) is 10.2 Å². The van der Waals surface area contributed by atoms with Gasteiger partial charge in [0.05, 0.1) is 0 Å². The minimum absolute atomic E-state index is 0.146. The largest absolute Gasteiger partial charge is 0.465 e. The molecule has 0 aliphatic heterocycles. The SMILES string of the molecule is CCCC(C)(C)NS(=O)(=O)c1c(C)oc(C)c1CN. The van der Waals surface area contributed by atoms with Gasteiger partial charge in [0.25, 0.3) is 0 Å². The lowest BCUT2D eigenvalue weighted by molar-refractivity contribution is 0.416. The molecular formula is C13H24N2O3S. The number of hydrogen-bond donors (Lipinski definition) is 2. The minimum atomic E-state index is -3.62. The lowest BCUT2D eigenvalue weighted by atomic mass is 10.0. The molecule has 0 spiro atoms. The van der Waals surface area contributed by atoms with Gasteiger partial charge in [0.1, 0.15) is 16.4 Å². The van der Waals surface area contributed by atoms with Crippen molar-refractivity contribution in [3.8, 4) is 0 Å². The van der Waals surface area contributed by atoms with Gasteiger partial charge in [-0.2, -0.15) is 0 Å². The first-order valence-corrected chi connectivity index (χ1v) is 7.96. The lowest BCUT2D eigenvalue weighted by Crippen LogP contribution is -2.43. The molecule has 3 N–H and O–H groups in total. The molecule has 0 atom stereocenters. The molecule has 0 aliphatic carbocycles. The van der Waals surface area contributed by atoms with Crippen LogP contribution in [0.25, 0.3) is 0 Å². The van der Waals surface area contributed by atoms with Crippen LogP contribution in [0.2, 0.25) is 0 Å². The Labute approximate surface area is 115 Å². The maximum absolute atomic E-state index is 12.5. The quantitative estimate of drug-likeness (QED) is 0.840. The van der Waals surface area contributed by atoms with Crippen molar-refractivity contribution in [3.05, 3.63) is 17.1 Å². The van der Waals surface area contributed by atoms with Gasteiger partial charge in [-0.25, -0.2) is 13.1 Å². The Balaban J connectivity index is 3.21. The van der Waals surface area contributed by atoms with Gasteiger partial charge in [-0.15, -0.1) is 0 Å². The zero-order valence-electron chi connectivity index (χ0n) is 12.3. The summed E-state index contributed by atoms with van der Waals surface area (Å²) in [6.45, 7) is 9.29.